The van der Waals surface area contributed by atoms with Crippen LogP contribution in [0.15, 0.2) is 12.4 Å². The average Bonchev–Trinajstić information content (AvgIpc) is 2.56. The van der Waals surface area contributed by atoms with Gasteiger partial charge in [-0.15, -0.1) is 0 Å². The average molecular weight is 303 g/mol. The third-order valence-corrected chi connectivity index (χ3v) is 4.96. The van der Waals surface area contributed by atoms with Crippen molar-refractivity contribution in [2.24, 2.45) is 5.92 Å². The number of hydrogen-bond donors (Lipinski definition) is 1. The summed E-state index contributed by atoms with van der Waals surface area (Å²) in [6.45, 7) is 2.36. The lowest BCUT2D eigenvalue weighted by Crippen LogP contribution is -2.38. The molecule has 1 aliphatic carbocycles. The molecule has 2 fully saturated rings. The molecule has 22 heavy (non-hydrogen) atoms. The van der Waals surface area contributed by atoms with E-state index in [9.17, 15) is 4.79 Å². The predicted molar refractivity (Wildman–Crippen MR) is 83.5 cm³/mol. The van der Waals surface area contributed by atoms with Crippen molar-refractivity contribution >= 4 is 5.97 Å². The summed E-state index contributed by atoms with van der Waals surface area (Å²) in [5.41, 5.74) is 1.09. The topological polar surface area (TPSA) is 66.3 Å². The Bertz CT molecular complexity index is 497. The van der Waals surface area contributed by atoms with Gasteiger partial charge < -0.3 is 5.11 Å². The van der Waals surface area contributed by atoms with Crippen molar-refractivity contribution in [2.75, 3.05) is 13.1 Å². The van der Waals surface area contributed by atoms with Gasteiger partial charge in [0.15, 0.2) is 0 Å². The van der Waals surface area contributed by atoms with Crippen molar-refractivity contribution in [1.29, 1.82) is 0 Å². The van der Waals surface area contributed by atoms with E-state index in [1.807, 2.05) is 12.4 Å². The summed E-state index contributed by atoms with van der Waals surface area (Å²) in [5, 5.41) is 9.15. The highest BCUT2D eigenvalue weighted by atomic mass is 16.4. The van der Waals surface area contributed by atoms with Gasteiger partial charge in [0.25, 0.3) is 0 Å². The van der Waals surface area contributed by atoms with Gasteiger partial charge in [0.2, 0.25) is 0 Å². The highest BCUT2D eigenvalue weighted by Gasteiger charge is 2.25. The Balaban J connectivity index is 1.57. The Labute approximate surface area is 131 Å². The van der Waals surface area contributed by atoms with Crippen LogP contribution in [0.2, 0.25) is 0 Å². The molecule has 1 saturated carbocycles. The van der Waals surface area contributed by atoms with Crippen LogP contribution >= 0.6 is 0 Å². The molecule has 0 bridgehead atoms. The van der Waals surface area contributed by atoms with Gasteiger partial charge in [-0.25, -0.2) is 9.97 Å². The minimum atomic E-state index is -0.673. The van der Waals surface area contributed by atoms with E-state index in [1.54, 1.807) is 0 Å². The summed E-state index contributed by atoms with van der Waals surface area (Å²) in [6, 6.07) is 0. The van der Waals surface area contributed by atoms with Crippen molar-refractivity contribution in [1.82, 2.24) is 14.9 Å². The van der Waals surface area contributed by atoms with Crippen LogP contribution in [-0.2, 0) is 11.3 Å². The Hall–Kier alpha value is -1.49. The van der Waals surface area contributed by atoms with Gasteiger partial charge in [-0.05, 0) is 32.2 Å². The van der Waals surface area contributed by atoms with Crippen LogP contribution in [0, 0.1) is 5.92 Å². The maximum Gasteiger partial charge on any atom is 0.307 e. The molecule has 0 spiro atoms. The Morgan fingerprint density at radius 1 is 1.14 bits per heavy atom. The molecular formula is C17H25N3O2. The van der Waals surface area contributed by atoms with Crippen molar-refractivity contribution < 1.29 is 9.90 Å². The fraction of sp³-hybridized carbons (Fsp3) is 0.706. The molecule has 1 aromatic heterocycles. The van der Waals surface area contributed by atoms with Crippen molar-refractivity contribution in [2.45, 2.75) is 57.4 Å². The number of aromatic nitrogens is 2. The lowest BCUT2D eigenvalue weighted by Gasteiger charge is -2.30. The van der Waals surface area contributed by atoms with E-state index in [1.165, 1.54) is 32.1 Å². The van der Waals surface area contributed by atoms with Crippen LogP contribution in [0.25, 0.3) is 0 Å². The molecule has 0 unspecified atom stereocenters. The molecule has 1 N–H and O–H groups in total. The number of nitrogens with zero attached hydrogens (tertiary/aromatic N) is 3. The monoisotopic (exact) mass is 303 g/mol. The second-order valence-electron chi connectivity index (χ2n) is 6.70. The van der Waals surface area contributed by atoms with Gasteiger partial charge >= 0.3 is 5.97 Å². The van der Waals surface area contributed by atoms with Gasteiger partial charge in [0.05, 0.1) is 5.92 Å². The van der Waals surface area contributed by atoms with E-state index >= 15 is 0 Å². The SMILES string of the molecule is O=C(O)[C@@H]1CCCN(Cc2cnc(C3CCCCC3)nc2)C1. The highest BCUT2D eigenvalue weighted by molar-refractivity contribution is 5.70. The Morgan fingerprint density at radius 3 is 2.55 bits per heavy atom. The number of likely N-dealkylation sites (tertiary alicyclic amines) is 1. The molecule has 1 aliphatic heterocycles. The molecule has 0 radical (unpaired) electrons. The van der Waals surface area contributed by atoms with E-state index in [4.69, 9.17) is 5.11 Å². The summed E-state index contributed by atoms with van der Waals surface area (Å²) < 4.78 is 0. The summed E-state index contributed by atoms with van der Waals surface area (Å²) >= 11 is 0. The van der Waals surface area contributed by atoms with Gasteiger partial charge in [-0.1, -0.05) is 19.3 Å². The lowest BCUT2D eigenvalue weighted by atomic mass is 9.89. The largest absolute Gasteiger partial charge is 0.481 e. The Morgan fingerprint density at radius 2 is 1.86 bits per heavy atom. The van der Waals surface area contributed by atoms with Crippen LogP contribution in [0.5, 0.6) is 0 Å². The normalized spacial score (nSPS) is 24.3. The molecule has 120 valence electrons. The molecule has 3 rings (SSSR count). The molecule has 2 aliphatic rings. The molecular weight excluding hydrogens is 278 g/mol. The van der Waals surface area contributed by atoms with Crippen LogP contribution in [0.1, 0.15) is 62.3 Å². The summed E-state index contributed by atoms with van der Waals surface area (Å²) in [6.07, 6.45) is 12.0. The number of carboxylic acids is 1. The summed E-state index contributed by atoms with van der Waals surface area (Å²) in [7, 11) is 0. The van der Waals surface area contributed by atoms with Crippen LogP contribution in [0.4, 0.5) is 0 Å². The number of carboxylic acid groups (broad SMARTS) is 1. The number of piperidine rings is 1. The number of hydrogen-bond acceptors (Lipinski definition) is 4. The molecule has 0 aromatic carbocycles. The summed E-state index contributed by atoms with van der Waals surface area (Å²) in [4.78, 5) is 22.5. The van der Waals surface area contributed by atoms with E-state index in [-0.39, 0.29) is 5.92 Å². The minimum absolute atomic E-state index is 0.226. The first-order chi connectivity index (χ1) is 10.7. The second kappa shape index (κ2) is 7.18. The Kier molecular flexibility index (Phi) is 5.03. The first-order valence-electron chi connectivity index (χ1n) is 8.48. The zero-order chi connectivity index (χ0) is 15.4. The van der Waals surface area contributed by atoms with E-state index in [2.05, 4.69) is 14.9 Å². The number of carbonyl (C=O) groups is 1. The van der Waals surface area contributed by atoms with Crippen molar-refractivity contribution in [3.63, 3.8) is 0 Å². The fourth-order valence-corrected chi connectivity index (χ4v) is 3.68. The van der Waals surface area contributed by atoms with Crippen molar-refractivity contribution in [3.8, 4) is 0 Å². The molecule has 5 heteroatoms. The lowest BCUT2D eigenvalue weighted by molar-refractivity contribution is -0.143. The van der Waals surface area contributed by atoms with Crippen LogP contribution in [-0.4, -0.2) is 39.0 Å². The second-order valence-corrected chi connectivity index (χ2v) is 6.70. The first-order valence-corrected chi connectivity index (χ1v) is 8.48. The third-order valence-electron chi connectivity index (χ3n) is 4.96. The smallest absolute Gasteiger partial charge is 0.307 e. The van der Waals surface area contributed by atoms with Gasteiger partial charge in [-0.3, -0.25) is 9.69 Å². The first kappa shape index (κ1) is 15.4. The molecule has 1 saturated heterocycles. The molecule has 1 atom stereocenters. The van der Waals surface area contributed by atoms with Gasteiger partial charge in [0, 0.05) is 37.0 Å². The quantitative estimate of drug-likeness (QED) is 0.926. The summed E-state index contributed by atoms with van der Waals surface area (Å²) in [5.74, 6) is 0.629. The maximum atomic E-state index is 11.1. The third kappa shape index (κ3) is 3.83. The van der Waals surface area contributed by atoms with E-state index < -0.39 is 5.97 Å². The van der Waals surface area contributed by atoms with E-state index in [0.717, 1.165) is 37.3 Å². The van der Waals surface area contributed by atoms with E-state index in [0.29, 0.717) is 12.5 Å². The van der Waals surface area contributed by atoms with Crippen LogP contribution < -0.4 is 0 Å². The van der Waals surface area contributed by atoms with Crippen molar-refractivity contribution in [3.05, 3.63) is 23.8 Å². The van der Waals surface area contributed by atoms with Gasteiger partial charge in [-0.2, -0.15) is 0 Å². The number of aliphatic carboxylic acids is 1. The van der Waals surface area contributed by atoms with Crippen LogP contribution in [0.3, 0.4) is 0 Å². The molecule has 0 amide bonds. The zero-order valence-electron chi connectivity index (χ0n) is 13.1. The highest BCUT2D eigenvalue weighted by Crippen LogP contribution is 2.30. The molecule has 2 heterocycles. The maximum absolute atomic E-state index is 11.1. The zero-order valence-corrected chi connectivity index (χ0v) is 13.1. The fourth-order valence-electron chi connectivity index (χ4n) is 3.68. The predicted octanol–water partition coefficient (Wildman–Crippen LogP) is 2.82. The minimum Gasteiger partial charge on any atom is -0.481 e. The standard InChI is InChI=1S/C17H25N3O2/c21-17(22)15-7-4-8-20(12-15)11-13-9-18-16(19-10-13)14-5-2-1-3-6-14/h9-10,14-15H,1-8,11-12H2,(H,21,22)/t15-/m1/s1. The number of rotatable bonds is 4. The molecule has 5 nitrogen and oxygen atoms in total. The van der Waals surface area contributed by atoms with Gasteiger partial charge in [0.1, 0.15) is 5.82 Å². The molecule has 1 aromatic rings.